The average Bonchev–Trinajstić information content (AvgIpc) is 3.07. The standard InChI is InChI=1S/C18H26N2O5S/c1-18(12-25-13-18)11-19-26(22,23)16-5-3-4-15(8-16)17(21)20-7-6-14(9-20)10-24-2/h3-5,8,14,19H,6-7,9-13H2,1-2H3/t14-/m0/s1. The van der Waals surface area contributed by atoms with Crippen LogP contribution < -0.4 is 4.72 Å². The SMILES string of the molecule is COC[C@H]1CCN(C(=O)c2cccc(S(=O)(=O)NCC3(C)COC3)c2)C1. The van der Waals surface area contributed by atoms with E-state index in [4.69, 9.17) is 9.47 Å². The molecule has 2 aliphatic heterocycles. The molecule has 2 saturated heterocycles. The van der Waals surface area contributed by atoms with Gasteiger partial charge < -0.3 is 14.4 Å². The molecular weight excluding hydrogens is 356 g/mol. The smallest absolute Gasteiger partial charge is 0.253 e. The quantitative estimate of drug-likeness (QED) is 0.764. The van der Waals surface area contributed by atoms with Crippen LogP contribution in [0.2, 0.25) is 0 Å². The molecule has 2 aliphatic rings. The van der Waals surface area contributed by atoms with E-state index in [1.54, 1.807) is 24.1 Å². The summed E-state index contributed by atoms with van der Waals surface area (Å²) in [7, 11) is -2.01. The Hall–Kier alpha value is -1.48. The summed E-state index contributed by atoms with van der Waals surface area (Å²) < 4.78 is 38.1. The van der Waals surface area contributed by atoms with Crippen LogP contribution in [0.15, 0.2) is 29.2 Å². The second kappa shape index (κ2) is 7.64. The molecule has 7 nitrogen and oxygen atoms in total. The van der Waals surface area contributed by atoms with Crippen LogP contribution in [0.1, 0.15) is 23.7 Å². The first-order chi connectivity index (χ1) is 12.3. The van der Waals surface area contributed by atoms with E-state index in [1.165, 1.54) is 12.1 Å². The number of rotatable bonds is 7. The molecule has 1 atom stereocenters. The normalized spacial score (nSPS) is 22.2. The molecule has 1 amide bonds. The third-order valence-corrected chi connectivity index (χ3v) is 6.36. The first-order valence-electron chi connectivity index (χ1n) is 8.79. The molecule has 0 bridgehead atoms. The predicted octanol–water partition coefficient (Wildman–Crippen LogP) is 1.11. The number of benzene rings is 1. The van der Waals surface area contributed by atoms with Gasteiger partial charge in [0, 0.05) is 43.6 Å². The van der Waals surface area contributed by atoms with Crippen LogP contribution in [0.4, 0.5) is 0 Å². The van der Waals surface area contributed by atoms with Crippen molar-refractivity contribution in [1.82, 2.24) is 9.62 Å². The van der Waals surface area contributed by atoms with Crippen LogP contribution in [-0.4, -0.2) is 65.8 Å². The van der Waals surface area contributed by atoms with E-state index >= 15 is 0 Å². The predicted molar refractivity (Wildman–Crippen MR) is 96.4 cm³/mol. The van der Waals surface area contributed by atoms with Crippen molar-refractivity contribution in [3.63, 3.8) is 0 Å². The minimum Gasteiger partial charge on any atom is -0.384 e. The van der Waals surface area contributed by atoms with Crippen molar-refractivity contribution in [3.05, 3.63) is 29.8 Å². The number of hydrogen-bond acceptors (Lipinski definition) is 5. The summed E-state index contributed by atoms with van der Waals surface area (Å²) in [5.74, 6) is 0.197. The van der Waals surface area contributed by atoms with Gasteiger partial charge in [-0.25, -0.2) is 13.1 Å². The molecular formula is C18H26N2O5S. The van der Waals surface area contributed by atoms with Crippen molar-refractivity contribution < 1.29 is 22.7 Å². The van der Waals surface area contributed by atoms with Gasteiger partial charge in [-0.2, -0.15) is 0 Å². The number of hydrogen-bond donors (Lipinski definition) is 1. The number of nitrogens with one attached hydrogen (secondary N) is 1. The molecule has 1 aromatic carbocycles. The molecule has 8 heteroatoms. The Bertz CT molecular complexity index is 761. The molecule has 26 heavy (non-hydrogen) atoms. The lowest BCUT2D eigenvalue weighted by Gasteiger charge is -2.37. The second-order valence-corrected chi connectivity index (χ2v) is 9.28. The Morgan fingerprint density at radius 1 is 1.42 bits per heavy atom. The first kappa shape index (κ1) is 19.3. The van der Waals surface area contributed by atoms with Crippen LogP contribution in [0.25, 0.3) is 0 Å². The first-order valence-corrected chi connectivity index (χ1v) is 10.3. The Morgan fingerprint density at radius 3 is 2.85 bits per heavy atom. The monoisotopic (exact) mass is 382 g/mol. The summed E-state index contributed by atoms with van der Waals surface area (Å²) in [5.41, 5.74) is 0.232. The molecule has 1 N–H and O–H groups in total. The number of ether oxygens (including phenoxy) is 2. The number of carbonyl (C=O) groups excluding carboxylic acids is 1. The highest BCUT2D eigenvalue weighted by molar-refractivity contribution is 7.89. The highest BCUT2D eigenvalue weighted by Crippen LogP contribution is 2.26. The summed E-state index contributed by atoms with van der Waals surface area (Å²) in [4.78, 5) is 14.6. The molecule has 0 saturated carbocycles. The fourth-order valence-electron chi connectivity index (χ4n) is 3.27. The van der Waals surface area contributed by atoms with Crippen LogP contribution >= 0.6 is 0 Å². The number of likely N-dealkylation sites (tertiary alicyclic amines) is 1. The molecule has 3 rings (SSSR count). The summed E-state index contributed by atoms with van der Waals surface area (Å²) >= 11 is 0. The molecule has 144 valence electrons. The number of carbonyl (C=O) groups is 1. The topological polar surface area (TPSA) is 84.9 Å². The maximum absolute atomic E-state index is 12.7. The van der Waals surface area contributed by atoms with Crippen LogP contribution in [-0.2, 0) is 19.5 Å². The third kappa shape index (κ3) is 4.25. The maximum atomic E-state index is 12.7. The Labute approximate surface area is 154 Å². The number of sulfonamides is 1. The fourth-order valence-corrected chi connectivity index (χ4v) is 4.52. The largest absolute Gasteiger partial charge is 0.384 e. The zero-order valence-corrected chi connectivity index (χ0v) is 16.0. The minimum atomic E-state index is -3.66. The fraction of sp³-hybridized carbons (Fsp3) is 0.611. The van der Waals surface area contributed by atoms with Crippen LogP contribution in [0, 0.1) is 11.3 Å². The molecule has 1 aromatic rings. The molecule has 0 radical (unpaired) electrons. The maximum Gasteiger partial charge on any atom is 0.253 e. The lowest BCUT2D eigenvalue weighted by molar-refractivity contribution is -0.0965. The van der Waals surface area contributed by atoms with Crippen LogP contribution in [0.5, 0.6) is 0 Å². The van der Waals surface area contributed by atoms with Crippen LogP contribution in [0.3, 0.4) is 0 Å². The highest BCUT2D eigenvalue weighted by Gasteiger charge is 2.35. The lowest BCUT2D eigenvalue weighted by Crippen LogP contribution is -2.48. The minimum absolute atomic E-state index is 0.111. The van der Waals surface area contributed by atoms with Crippen molar-refractivity contribution in [1.29, 1.82) is 0 Å². The van der Waals surface area contributed by atoms with E-state index in [0.29, 0.717) is 50.9 Å². The Balaban J connectivity index is 1.68. The molecule has 0 aromatic heterocycles. The van der Waals surface area contributed by atoms with E-state index in [1.807, 2.05) is 6.92 Å². The number of amides is 1. The van der Waals surface area contributed by atoms with Gasteiger partial charge in [-0.15, -0.1) is 0 Å². The van der Waals surface area contributed by atoms with Crippen molar-refractivity contribution >= 4 is 15.9 Å². The van der Waals surface area contributed by atoms with E-state index in [9.17, 15) is 13.2 Å². The van der Waals surface area contributed by atoms with E-state index in [-0.39, 0.29) is 16.2 Å². The van der Waals surface area contributed by atoms with Gasteiger partial charge in [-0.3, -0.25) is 4.79 Å². The van der Waals surface area contributed by atoms with Crippen molar-refractivity contribution in [2.45, 2.75) is 18.2 Å². The van der Waals surface area contributed by atoms with E-state index in [2.05, 4.69) is 4.72 Å². The lowest BCUT2D eigenvalue weighted by atomic mass is 9.89. The van der Waals surface area contributed by atoms with Crippen molar-refractivity contribution in [2.75, 3.05) is 46.6 Å². The van der Waals surface area contributed by atoms with E-state index in [0.717, 1.165) is 6.42 Å². The van der Waals surface area contributed by atoms with Gasteiger partial charge in [0.05, 0.1) is 24.7 Å². The zero-order chi connectivity index (χ0) is 18.8. The number of methoxy groups -OCH3 is 1. The van der Waals surface area contributed by atoms with Crippen molar-refractivity contribution in [2.24, 2.45) is 11.3 Å². The summed E-state index contributed by atoms with van der Waals surface area (Å²) in [6, 6.07) is 6.23. The van der Waals surface area contributed by atoms with Gasteiger partial charge >= 0.3 is 0 Å². The van der Waals surface area contributed by atoms with Crippen molar-refractivity contribution in [3.8, 4) is 0 Å². The Kier molecular flexibility index (Phi) is 5.67. The third-order valence-electron chi connectivity index (χ3n) is 4.96. The zero-order valence-electron chi connectivity index (χ0n) is 15.2. The van der Waals surface area contributed by atoms with E-state index < -0.39 is 10.0 Å². The summed E-state index contributed by atoms with van der Waals surface area (Å²) in [6.07, 6.45) is 0.903. The summed E-state index contributed by atoms with van der Waals surface area (Å²) in [6.45, 7) is 5.32. The molecule has 2 fully saturated rings. The summed E-state index contributed by atoms with van der Waals surface area (Å²) in [5, 5.41) is 0. The van der Waals surface area contributed by atoms with Gasteiger partial charge in [-0.1, -0.05) is 13.0 Å². The molecule has 0 unspecified atom stereocenters. The molecule has 0 aliphatic carbocycles. The second-order valence-electron chi connectivity index (χ2n) is 7.52. The molecule has 0 spiro atoms. The number of nitrogens with zero attached hydrogens (tertiary/aromatic N) is 1. The van der Waals surface area contributed by atoms with Gasteiger partial charge in [0.1, 0.15) is 0 Å². The van der Waals surface area contributed by atoms with Gasteiger partial charge in [0.2, 0.25) is 10.0 Å². The van der Waals surface area contributed by atoms with Gasteiger partial charge in [0.15, 0.2) is 0 Å². The molecule has 2 heterocycles. The Morgan fingerprint density at radius 2 is 2.19 bits per heavy atom. The van der Waals surface area contributed by atoms with Gasteiger partial charge in [-0.05, 0) is 24.6 Å². The average molecular weight is 382 g/mol. The highest BCUT2D eigenvalue weighted by atomic mass is 32.2. The van der Waals surface area contributed by atoms with Gasteiger partial charge in [0.25, 0.3) is 5.91 Å².